The molecule has 1 fully saturated rings. The molecule has 0 bridgehead atoms. The van der Waals surface area contributed by atoms with Crippen LogP contribution in [0.15, 0.2) is 12.1 Å². The number of aryl methyl sites for hydroxylation is 1. The van der Waals surface area contributed by atoms with Crippen LogP contribution in [0.2, 0.25) is 5.02 Å². The van der Waals surface area contributed by atoms with E-state index in [1.165, 1.54) is 6.07 Å². The van der Waals surface area contributed by atoms with Crippen LogP contribution in [-0.2, 0) is 9.31 Å². The van der Waals surface area contributed by atoms with Crippen LogP contribution in [0.3, 0.4) is 0 Å². The van der Waals surface area contributed by atoms with Crippen molar-refractivity contribution in [1.29, 1.82) is 0 Å². The number of rotatable bonds is 1. The second-order valence-electron chi connectivity index (χ2n) is 5.73. The highest BCUT2D eigenvalue weighted by atomic mass is 35.5. The summed E-state index contributed by atoms with van der Waals surface area (Å²) in [5.41, 5.74) is 0.0510. The molecular weight excluding hydrogens is 253 g/mol. The summed E-state index contributed by atoms with van der Waals surface area (Å²) in [6, 6.07) is 3.15. The molecule has 1 saturated heterocycles. The van der Waals surface area contributed by atoms with Gasteiger partial charge in [-0.3, -0.25) is 0 Å². The first kappa shape index (κ1) is 13.8. The molecule has 0 aromatic heterocycles. The lowest BCUT2D eigenvalue weighted by molar-refractivity contribution is 0.00578. The topological polar surface area (TPSA) is 18.5 Å². The SMILES string of the molecule is Cc1cc(F)c(B2OC(C)(C)C(C)(C)O2)c(Cl)c1. The highest BCUT2D eigenvalue weighted by Gasteiger charge is 2.53. The molecule has 0 aliphatic carbocycles. The Kier molecular flexibility index (Phi) is 3.25. The van der Waals surface area contributed by atoms with Crippen molar-refractivity contribution in [2.24, 2.45) is 0 Å². The van der Waals surface area contributed by atoms with Crippen LogP contribution >= 0.6 is 11.6 Å². The van der Waals surface area contributed by atoms with Gasteiger partial charge in [0.25, 0.3) is 0 Å². The summed E-state index contributed by atoms with van der Waals surface area (Å²) < 4.78 is 25.6. The second-order valence-corrected chi connectivity index (χ2v) is 6.14. The van der Waals surface area contributed by atoms with Crippen LogP contribution in [0.1, 0.15) is 33.3 Å². The van der Waals surface area contributed by atoms with Crippen molar-refractivity contribution in [3.8, 4) is 0 Å². The van der Waals surface area contributed by atoms with Gasteiger partial charge in [-0.15, -0.1) is 0 Å². The van der Waals surface area contributed by atoms with Gasteiger partial charge in [-0.2, -0.15) is 0 Å². The first-order valence-electron chi connectivity index (χ1n) is 5.95. The molecule has 18 heavy (non-hydrogen) atoms. The summed E-state index contributed by atoms with van der Waals surface area (Å²) >= 11 is 6.10. The molecule has 0 saturated carbocycles. The van der Waals surface area contributed by atoms with E-state index in [-0.39, 0.29) is 5.46 Å². The van der Waals surface area contributed by atoms with E-state index in [1.54, 1.807) is 13.0 Å². The smallest absolute Gasteiger partial charge is 0.399 e. The first-order valence-corrected chi connectivity index (χ1v) is 6.33. The lowest BCUT2D eigenvalue weighted by atomic mass is 9.78. The third-order valence-corrected chi connectivity index (χ3v) is 4.03. The molecule has 0 radical (unpaired) electrons. The van der Waals surface area contributed by atoms with Gasteiger partial charge in [-0.05, 0) is 52.3 Å². The Hall–Kier alpha value is -0.575. The summed E-state index contributed by atoms with van der Waals surface area (Å²) in [6.45, 7) is 9.49. The van der Waals surface area contributed by atoms with Crippen LogP contribution in [0.25, 0.3) is 0 Å². The van der Waals surface area contributed by atoms with Gasteiger partial charge in [-0.25, -0.2) is 4.39 Å². The van der Waals surface area contributed by atoms with Gasteiger partial charge in [0.15, 0.2) is 0 Å². The van der Waals surface area contributed by atoms with Crippen LogP contribution in [-0.4, -0.2) is 18.3 Å². The fraction of sp³-hybridized carbons (Fsp3) is 0.538. The Morgan fingerprint density at radius 1 is 1.11 bits per heavy atom. The molecule has 0 spiro atoms. The number of halogens is 2. The molecule has 2 nitrogen and oxygen atoms in total. The van der Waals surface area contributed by atoms with Crippen molar-refractivity contribution in [1.82, 2.24) is 0 Å². The van der Waals surface area contributed by atoms with Crippen molar-refractivity contribution >= 4 is 24.2 Å². The maximum atomic E-state index is 14.0. The third-order valence-electron chi connectivity index (χ3n) is 3.71. The number of benzene rings is 1. The molecule has 0 amide bonds. The minimum Gasteiger partial charge on any atom is -0.399 e. The summed E-state index contributed by atoms with van der Waals surface area (Å²) in [4.78, 5) is 0. The average molecular weight is 271 g/mol. The maximum Gasteiger partial charge on any atom is 0.499 e. The molecule has 1 aliphatic rings. The molecule has 1 aliphatic heterocycles. The molecule has 1 aromatic rings. The van der Waals surface area contributed by atoms with E-state index < -0.39 is 24.1 Å². The van der Waals surface area contributed by atoms with Gasteiger partial charge < -0.3 is 9.31 Å². The standard InChI is InChI=1S/C13H17BClFO2/c1-8-6-9(15)11(10(16)7-8)14-17-12(2,3)13(4,5)18-14/h6-7H,1-5H3. The summed E-state index contributed by atoms with van der Waals surface area (Å²) in [5.74, 6) is -0.390. The van der Waals surface area contributed by atoms with E-state index in [9.17, 15) is 4.39 Å². The van der Waals surface area contributed by atoms with E-state index in [4.69, 9.17) is 20.9 Å². The summed E-state index contributed by atoms with van der Waals surface area (Å²) in [6.07, 6.45) is 0. The van der Waals surface area contributed by atoms with Gasteiger partial charge in [0.1, 0.15) is 5.82 Å². The largest absolute Gasteiger partial charge is 0.499 e. The predicted octanol–water partition coefficient (Wildman–Crippen LogP) is 3.09. The minimum atomic E-state index is -0.761. The van der Waals surface area contributed by atoms with Crippen molar-refractivity contribution in [2.45, 2.75) is 45.8 Å². The number of hydrogen-bond donors (Lipinski definition) is 0. The van der Waals surface area contributed by atoms with E-state index >= 15 is 0 Å². The third kappa shape index (κ3) is 2.17. The molecule has 0 atom stereocenters. The van der Waals surface area contributed by atoms with Gasteiger partial charge in [0, 0.05) is 10.5 Å². The molecule has 98 valence electrons. The summed E-state index contributed by atoms with van der Waals surface area (Å²) in [5, 5.41) is 0.339. The maximum absolute atomic E-state index is 14.0. The zero-order valence-electron chi connectivity index (χ0n) is 11.3. The Morgan fingerprint density at radius 3 is 2.06 bits per heavy atom. The fourth-order valence-corrected chi connectivity index (χ4v) is 2.25. The van der Waals surface area contributed by atoms with Crippen molar-refractivity contribution in [2.75, 3.05) is 0 Å². The quantitative estimate of drug-likeness (QED) is 0.730. The van der Waals surface area contributed by atoms with E-state index in [0.29, 0.717) is 5.02 Å². The Labute approximate surface area is 113 Å². The van der Waals surface area contributed by atoms with Gasteiger partial charge in [0.05, 0.1) is 11.2 Å². The predicted molar refractivity (Wildman–Crippen MR) is 71.9 cm³/mol. The molecule has 1 heterocycles. The lowest BCUT2D eigenvalue weighted by Gasteiger charge is -2.32. The van der Waals surface area contributed by atoms with Gasteiger partial charge >= 0.3 is 7.12 Å². The minimum absolute atomic E-state index is 0.279. The van der Waals surface area contributed by atoms with Gasteiger partial charge in [0.2, 0.25) is 0 Å². The van der Waals surface area contributed by atoms with E-state index in [1.807, 2.05) is 27.7 Å². The molecule has 0 N–H and O–H groups in total. The highest BCUT2D eigenvalue weighted by Crippen LogP contribution is 2.37. The van der Waals surface area contributed by atoms with Crippen molar-refractivity contribution in [3.05, 3.63) is 28.5 Å². The Morgan fingerprint density at radius 2 is 1.61 bits per heavy atom. The Bertz CT molecular complexity index is 449. The van der Waals surface area contributed by atoms with E-state index in [2.05, 4.69) is 0 Å². The number of hydrogen-bond acceptors (Lipinski definition) is 2. The van der Waals surface area contributed by atoms with Crippen molar-refractivity contribution in [3.63, 3.8) is 0 Å². The van der Waals surface area contributed by atoms with Crippen LogP contribution in [0.4, 0.5) is 4.39 Å². The van der Waals surface area contributed by atoms with E-state index in [0.717, 1.165) is 5.56 Å². The highest BCUT2D eigenvalue weighted by molar-refractivity contribution is 6.65. The molecule has 2 rings (SSSR count). The molecule has 5 heteroatoms. The van der Waals surface area contributed by atoms with Crippen LogP contribution in [0.5, 0.6) is 0 Å². The first-order chi connectivity index (χ1) is 8.14. The molecule has 0 unspecified atom stereocenters. The van der Waals surface area contributed by atoms with Crippen LogP contribution < -0.4 is 5.46 Å². The van der Waals surface area contributed by atoms with Crippen molar-refractivity contribution < 1.29 is 13.7 Å². The summed E-state index contributed by atoms with van der Waals surface area (Å²) in [7, 11) is -0.761. The second kappa shape index (κ2) is 4.22. The normalized spacial score (nSPS) is 21.4. The molecule has 1 aromatic carbocycles. The Balaban J connectivity index is 2.42. The zero-order chi connectivity index (χ0) is 13.7. The lowest BCUT2D eigenvalue weighted by Crippen LogP contribution is -2.41. The average Bonchev–Trinajstić information content (AvgIpc) is 2.32. The van der Waals surface area contributed by atoms with Crippen LogP contribution in [0, 0.1) is 12.7 Å². The molecular formula is C13H17BClFO2. The van der Waals surface area contributed by atoms with Gasteiger partial charge in [-0.1, -0.05) is 11.6 Å². The zero-order valence-corrected chi connectivity index (χ0v) is 12.1. The monoisotopic (exact) mass is 270 g/mol. The fourth-order valence-electron chi connectivity index (χ4n) is 1.90.